The number of hydrogen-bond acceptors (Lipinski definition) is 7. The van der Waals surface area contributed by atoms with E-state index in [-0.39, 0.29) is 5.97 Å². The predicted molar refractivity (Wildman–Crippen MR) is 170 cm³/mol. The van der Waals surface area contributed by atoms with Crippen molar-refractivity contribution in [3.8, 4) is 0 Å². The van der Waals surface area contributed by atoms with E-state index < -0.39 is 0 Å². The largest absolute Gasteiger partial charge is 0.465 e. The minimum Gasteiger partial charge on any atom is -0.465 e. The molecule has 224 valence electrons. The van der Waals surface area contributed by atoms with Crippen LogP contribution < -0.4 is 0 Å². The summed E-state index contributed by atoms with van der Waals surface area (Å²) in [4.78, 5) is 21.1. The van der Waals surface area contributed by atoms with Gasteiger partial charge in [0.15, 0.2) is 0 Å². The van der Waals surface area contributed by atoms with Gasteiger partial charge >= 0.3 is 5.97 Å². The van der Waals surface area contributed by atoms with E-state index in [2.05, 4.69) is 35.1 Å². The first-order valence-corrected chi connectivity index (χ1v) is 14.7. The van der Waals surface area contributed by atoms with Crippen molar-refractivity contribution in [3.63, 3.8) is 0 Å². The van der Waals surface area contributed by atoms with Crippen molar-refractivity contribution in [2.45, 2.75) is 46.5 Å². The monoisotopic (exact) mass is 580 g/mol. The van der Waals surface area contributed by atoms with E-state index in [0.29, 0.717) is 38.6 Å². The van der Waals surface area contributed by atoms with Crippen molar-refractivity contribution in [3.05, 3.63) is 119 Å². The van der Waals surface area contributed by atoms with Gasteiger partial charge in [-0.15, -0.1) is 0 Å². The number of pyridine rings is 2. The molecule has 0 fully saturated rings. The van der Waals surface area contributed by atoms with E-state index in [0.717, 1.165) is 58.4 Å². The summed E-state index contributed by atoms with van der Waals surface area (Å²) in [5, 5.41) is 2.30. The zero-order chi connectivity index (χ0) is 30.3. The van der Waals surface area contributed by atoms with Gasteiger partial charge in [0.25, 0.3) is 0 Å². The molecular formula is C36H40N2O5. The summed E-state index contributed by atoms with van der Waals surface area (Å²) in [6.45, 7) is 7.41. The van der Waals surface area contributed by atoms with E-state index in [9.17, 15) is 4.79 Å². The van der Waals surface area contributed by atoms with Crippen LogP contribution in [0.1, 0.15) is 52.6 Å². The number of rotatable bonds is 13. The van der Waals surface area contributed by atoms with Gasteiger partial charge in [-0.1, -0.05) is 73.7 Å². The number of nitrogens with zero attached hydrogens (tertiary/aromatic N) is 2. The molecular weight excluding hydrogens is 540 g/mol. The summed E-state index contributed by atoms with van der Waals surface area (Å²) < 4.78 is 21.7. The van der Waals surface area contributed by atoms with Crippen molar-refractivity contribution in [2.24, 2.45) is 0 Å². The van der Waals surface area contributed by atoms with Gasteiger partial charge in [0, 0.05) is 30.6 Å². The summed E-state index contributed by atoms with van der Waals surface area (Å²) in [5.74, 6) is -0.331. The maximum Gasteiger partial charge on any atom is 0.338 e. The third kappa shape index (κ3) is 9.68. The van der Waals surface area contributed by atoms with Crippen molar-refractivity contribution in [1.29, 1.82) is 0 Å². The van der Waals surface area contributed by atoms with E-state index in [1.165, 1.54) is 12.5 Å². The number of para-hydroxylation sites is 2. The second kappa shape index (κ2) is 17.1. The van der Waals surface area contributed by atoms with Crippen molar-refractivity contribution in [2.75, 3.05) is 26.9 Å². The van der Waals surface area contributed by atoms with Crippen LogP contribution in [0.5, 0.6) is 0 Å². The number of hydrogen-bond donors (Lipinski definition) is 0. The van der Waals surface area contributed by atoms with E-state index in [4.69, 9.17) is 18.9 Å². The first kappa shape index (κ1) is 31.8. The van der Waals surface area contributed by atoms with E-state index in [1.54, 1.807) is 0 Å². The molecule has 7 nitrogen and oxygen atoms in total. The Balaban J connectivity index is 0.000000237. The normalized spacial score (nSPS) is 10.9. The average molecular weight is 581 g/mol. The fraction of sp³-hybridized carbons (Fsp3) is 0.306. The zero-order valence-electron chi connectivity index (χ0n) is 25.3. The zero-order valence-corrected chi connectivity index (χ0v) is 25.3. The molecule has 2 heterocycles. The van der Waals surface area contributed by atoms with Gasteiger partial charge in [-0.25, -0.2) is 4.79 Å². The van der Waals surface area contributed by atoms with Gasteiger partial charge in [-0.3, -0.25) is 9.97 Å². The van der Waals surface area contributed by atoms with Crippen molar-refractivity contribution in [1.82, 2.24) is 9.97 Å². The fourth-order valence-corrected chi connectivity index (χ4v) is 4.56. The van der Waals surface area contributed by atoms with Crippen LogP contribution in [0.4, 0.5) is 0 Å². The Hall–Kier alpha value is -4.17. The number of esters is 1. The molecule has 0 unspecified atom stereocenters. The molecule has 0 aliphatic carbocycles. The summed E-state index contributed by atoms with van der Waals surface area (Å²) in [6, 6.07) is 30.0. The van der Waals surface area contributed by atoms with Crippen LogP contribution in [-0.4, -0.2) is 42.9 Å². The van der Waals surface area contributed by atoms with Crippen LogP contribution in [0.2, 0.25) is 0 Å². The second-order valence-corrected chi connectivity index (χ2v) is 10.1. The summed E-state index contributed by atoms with van der Waals surface area (Å²) >= 11 is 0. The minimum absolute atomic E-state index is 0.331. The molecule has 0 spiro atoms. The van der Waals surface area contributed by atoms with Crippen LogP contribution in [0.25, 0.3) is 21.8 Å². The predicted octanol–water partition coefficient (Wildman–Crippen LogP) is 7.61. The first-order chi connectivity index (χ1) is 21.1. The van der Waals surface area contributed by atoms with Gasteiger partial charge in [-0.2, -0.15) is 0 Å². The summed E-state index contributed by atoms with van der Waals surface area (Å²) in [7, 11) is 1.39. The lowest BCUT2D eigenvalue weighted by molar-refractivity contribution is 0.0575. The molecule has 2 aromatic heterocycles. The number of methoxy groups -OCH3 is 1. The van der Waals surface area contributed by atoms with Crippen LogP contribution in [-0.2, 0) is 38.8 Å². The van der Waals surface area contributed by atoms with Crippen LogP contribution in [0, 0.1) is 6.92 Å². The fourth-order valence-electron chi connectivity index (χ4n) is 4.56. The molecule has 5 rings (SSSR count). The highest BCUT2D eigenvalue weighted by Gasteiger charge is 2.14. The smallest absolute Gasteiger partial charge is 0.338 e. The van der Waals surface area contributed by atoms with Crippen molar-refractivity contribution >= 4 is 27.8 Å². The molecule has 0 amide bonds. The standard InChI is InChI=1S/C23H25NO4.C13H15NO/c1-17-7-5-9-19(22(17)23(25)26-2)15-27-13-6-14-28-16-20-12-11-18-8-3-4-10-21(18)24-20;1-2-9-15-10-12-8-7-11-5-3-4-6-13(11)14-12/h3-5,7-12H,6,13-16H2,1-2H3;3-8H,2,9-10H2,1H3. The molecule has 5 aromatic rings. The van der Waals surface area contributed by atoms with Gasteiger partial charge in [0.05, 0.1) is 54.9 Å². The molecule has 0 saturated carbocycles. The highest BCUT2D eigenvalue weighted by Crippen LogP contribution is 2.17. The Bertz CT molecular complexity index is 1600. The number of fused-ring (bicyclic) bond motifs is 2. The van der Waals surface area contributed by atoms with Crippen LogP contribution in [0.3, 0.4) is 0 Å². The highest BCUT2D eigenvalue weighted by molar-refractivity contribution is 5.92. The molecule has 43 heavy (non-hydrogen) atoms. The SMILES string of the molecule is CCCOCc1ccc2ccccc2n1.COC(=O)c1c(C)cccc1COCCCOCc1ccc2ccccc2n1. The molecule has 0 radical (unpaired) electrons. The molecule has 3 aromatic carbocycles. The third-order valence-corrected chi connectivity index (χ3v) is 6.74. The molecule has 0 aliphatic rings. The number of ether oxygens (including phenoxy) is 4. The number of aryl methyl sites for hydroxylation is 1. The van der Waals surface area contributed by atoms with Crippen molar-refractivity contribution < 1.29 is 23.7 Å². The Morgan fingerprint density at radius 3 is 1.79 bits per heavy atom. The topological polar surface area (TPSA) is 79.8 Å². The number of carbonyl (C=O) groups is 1. The summed E-state index contributed by atoms with van der Waals surface area (Å²) in [5.41, 5.74) is 6.25. The Morgan fingerprint density at radius 1 is 0.651 bits per heavy atom. The van der Waals surface area contributed by atoms with Gasteiger partial charge in [0.2, 0.25) is 0 Å². The van der Waals surface area contributed by atoms with Crippen LogP contribution in [0.15, 0.2) is 91.0 Å². The second-order valence-electron chi connectivity index (χ2n) is 10.1. The van der Waals surface area contributed by atoms with Gasteiger partial charge < -0.3 is 18.9 Å². The quantitative estimate of drug-likeness (QED) is 0.105. The Kier molecular flexibility index (Phi) is 12.6. The Labute approximate surface area is 253 Å². The number of aromatic nitrogens is 2. The highest BCUT2D eigenvalue weighted by atomic mass is 16.5. The lowest BCUT2D eigenvalue weighted by Gasteiger charge is -2.11. The lowest BCUT2D eigenvalue weighted by Crippen LogP contribution is -2.10. The number of carbonyl (C=O) groups excluding carboxylic acids is 1. The molecule has 0 atom stereocenters. The van der Waals surface area contributed by atoms with Crippen LogP contribution >= 0.6 is 0 Å². The van der Waals surface area contributed by atoms with Gasteiger partial charge in [0.1, 0.15) is 0 Å². The van der Waals surface area contributed by atoms with E-state index in [1.807, 2.05) is 79.7 Å². The minimum atomic E-state index is -0.331. The van der Waals surface area contributed by atoms with E-state index >= 15 is 0 Å². The maximum absolute atomic E-state index is 11.9. The number of benzene rings is 3. The molecule has 0 aliphatic heterocycles. The lowest BCUT2D eigenvalue weighted by atomic mass is 10.0. The average Bonchev–Trinajstić information content (AvgIpc) is 3.04. The molecule has 0 N–H and O–H groups in total. The van der Waals surface area contributed by atoms with Gasteiger partial charge in [-0.05, 0) is 55.2 Å². The summed E-state index contributed by atoms with van der Waals surface area (Å²) in [6.07, 6.45) is 1.82. The molecule has 0 saturated heterocycles. The maximum atomic E-state index is 11.9. The first-order valence-electron chi connectivity index (χ1n) is 14.7. The Morgan fingerprint density at radius 2 is 1.21 bits per heavy atom. The molecule has 0 bridgehead atoms. The third-order valence-electron chi connectivity index (χ3n) is 6.74. The molecule has 7 heteroatoms.